The monoisotopic (exact) mass is 447 g/mol. The van der Waals surface area contributed by atoms with Crippen LogP contribution in [0.4, 0.5) is 4.79 Å². The van der Waals surface area contributed by atoms with Crippen LogP contribution in [-0.2, 0) is 11.8 Å². The smallest absolute Gasteiger partial charge is 0.415 e. The van der Waals surface area contributed by atoms with E-state index in [1.54, 1.807) is 7.11 Å². The van der Waals surface area contributed by atoms with Gasteiger partial charge in [-0.15, -0.1) is 0 Å². The summed E-state index contributed by atoms with van der Waals surface area (Å²) in [5.41, 5.74) is 3.40. The first kappa shape index (κ1) is 22.3. The largest absolute Gasteiger partial charge is 0.497 e. The van der Waals surface area contributed by atoms with Gasteiger partial charge >= 0.3 is 6.09 Å². The number of ether oxygens (including phenoxy) is 2. The lowest BCUT2D eigenvalue weighted by molar-refractivity contribution is -0.0248. The van der Waals surface area contributed by atoms with E-state index in [1.807, 2.05) is 42.3 Å². The number of hydrogen-bond donors (Lipinski definition) is 0. The minimum absolute atomic E-state index is 0.102. The third-order valence-electron chi connectivity index (χ3n) is 9.56. The number of carbonyl (C=O) groups is 1. The van der Waals surface area contributed by atoms with Gasteiger partial charge in [0.25, 0.3) is 0 Å². The van der Waals surface area contributed by atoms with Crippen LogP contribution in [0, 0.1) is 17.3 Å². The van der Waals surface area contributed by atoms with Gasteiger partial charge in [0.05, 0.1) is 7.11 Å². The molecule has 4 nitrogen and oxygen atoms in total. The van der Waals surface area contributed by atoms with Crippen molar-refractivity contribution in [2.24, 2.45) is 17.3 Å². The molecule has 4 heteroatoms. The van der Waals surface area contributed by atoms with E-state index in [0.29, 0.717) is 23.0 Å². The highest BCUT2D eigenvalue weighted by atomic mass is 16.6. The van der Waals surface area contributed by atoms with Crippen LogP contribution in [-0.4, -0.2) is 31.2 Å². The maximum Gasteiger partial charge on any atom is 0.415 e. The van der Waals surface area contributed by atoms with Gasteiger partial charge in [0, 0.05) is 18.5 Å². The molecule has 2 bridgehead atoms. The molecule has 3 aliphatic carbocycles. The van der Waals surface area contributed by atoms with E-state index in [0.717, 1.165) is 18.6 Å². The molecule has 2 aromatic carbocycles. The highest BCUT2D eigenvalue weighted by Gasteiger charge is 2.69. The van der Waals surface area contributed by atoms with Crippen LogP contribution in [0.15, 0.2) is 48.5 Å². The second-order valence-corrected chi connectivity index (χ2v) is 10.4. The lowest BCUT2D eigenvalue weighted by Crippen LogP contribution is -2.59. The molecule has 5 atom stereocenters. The first-order chi connectivity index (χ1) is 16.0. The number of amides is 1. The van der Waals surface area contributed by atoms with Gasteiger partial charge in [0.15, 0.2) is 0 Å². The van der Waals surface area contributed by atoms with Crippen LogP contribution in [0.1, 0.15) is 63.5 Å². The predicted molar refractivity (Wildman–Crippen MR) is 131 cm³/mol. The molecule has 2 saturated carbocycles. The molecule has 1 spiro atoms. The Kier molecular flexibility index (Phi) is 5.66. The van der Waals surface area contributed by atoms with Gasteiger partial charge in [-0.3, -0.25) is 0 Å². The summed E-state index contributed by atoms with van der Waals surface area (Å²) in [6.45, 7) is 4.75. The lowest BCUT2D eigenvalue weighted by atomic mass is 9.48. The van der Waals surface area contributed by atoms with Crippen LogP contribution in [0.3, 0.4) is 0 Å². The summed E-state index contributed by atoms with van der Waals surface area (Å²) in [6, 6.07) is 16.4. The minimum Gasteiger partial charge on any atom is -0.497 e. The molecule has 0 radical (unpaired) electrons. The molecule has 33 heavy (non-hydrogen) atoms. The van der Waals surface area contributed by atoms with E-state index in [9.17, 15) is 4.79 Å². The zero-order valence-corrected chi connectivity index (χ0v) is 20.5. The van der Waals surface area contributed by atoms with Crippen molar-refractivity contribution < 1.29 is 14.3 Å². The number of para-hydroxylation sites is 1. The Bertz CT molecular complexity index is 1020. The summed E-state index contributed by atoms with van der Waals surface area (Å²) in [4.78, 5) is 15.1. The summed E-state index contributed by atoms with van der Waals surface area (Å²) < 4.78 is 11.5. The number of methoxy groups -OCH3 is 1. The quantitative estimate of drug-likeness (QED) is 0.517. The molecule has 3 aliphatic rings. The Morgan fingerprint density at radius 2 is 1.82 bits per heavy atom. The Labute approximate surface area is 198 Å². The molecule has 1 amide bonds. The second kappa shape index (κ2) is 8.38. The molecule has 5 rings (SSSR count). The van der Waals surface area contributed by atoms with Gasteiger partial charge in [-0.1, -0.05) is 44.5 Å². The van der Waals surface area contributed by atoms with E-state index in [1.165, 1.54) is 43.2 Å². The van der Waals surface area contributed by atoms with Crippen LogP contribution in [0.2, 0.25) is 0 Å². The van der Waals surface area contributed by atoms with Crippen LogP contribution >= 0.6 is 0 Å². The number of rotatable bonds is 5. The fourth-order valence-electron chi connectivity index (χ4n) is 8.20. The summed E-state index contributed by atoms with van der Waals surface area (Å²) in [5.74, 6) is 2.61. The number of carbonyl (C=O) groups excluding carboxylic acids is 1. The first-order valence-electron chi connectivity index (χ1n) is 12.7. The maximum absolute atomic E-state index is 13.2. The van der Waals surface area contributed by atoms with Gasteiger partial charge in [-0.25, -0.2) is 4.79 Å². The molecule has 0 heterocycles. The standard InChI is InChI=1S/C29H37NO3/c1-5-21-18-20-12-13-23(32-4)19-25(20)29(21)24-14-16-28(29,6-2)17-15-26(24)30(3)27(31)33-22-10-8-7-9-11-22/h7-13,19,21,24,26H,5-6,14-18H2,1-4H3. The third-order valence-corrected chi connectivity index (χ3v) is 9.56. The van der Waals surface area contributed by atoms with Crippen molar-refractivity contribution >= 4 is 6.09 Å². The van der Waals surface area contributed by atoms with Crippen molar-refractivity contribution in [2.75, 3.05) is 14.2 Å². The van der Waals surface area contributed by atoms with Crippen molar-refractivity contribution in [3.63, 3.8) is 0 Å². The SMILES string of the molecule is CCC1Cc2ccc(OC)cc2C12C1CCC2(CC)CCC1N(C)C(=O)Oc1ccccc1. The van der Waals surface area contributed by atoms with Gasteiger partial charge in [0.2, 0.25) is 0 Å². The molecule has 0 N–H and O–H groups in total. The first-order valence-corrected chi connectivity index (χ1v) is 12.7. The van der Waals surface area contributed by atoms with Gasteiger partial charge in [-0.2, -0.15) is 0 Å². The van der Waals surface area contributed by atoms with E-state index >= 15 is 0 Å². The summed E-state index contributed by atoms with van der Waals surface area (Å²) >= 11 is 0. The Balaban J connectivity index is 1.56. The Morgan fingerprint density at radius 3 is 2.52 bits per heavy atom. The Morgan fingerprint density at radius 1 is 1.06 bits per heavy atom. The van der Waals surface area contributed by atoms with E-state index < -0.39 is 0 Å². The fraction of sp³-hybridized carbons (Fsp3) is 0.552. The fourth-order valence-corrected chi connectivity index (χ4v) is 8.20. The van der Waals surface area contributed by atoms with E-state index in [2.05, 4.69) is 32.0 Å². The molecular weight excluding hydrogens is 410 g/mol. The number of nitrogens with zero attached hydrogens (tertiary/aromatic N) is 1. The van der Waals surface area contributed by atoms with Crippen molar-refractivity contribution in [2.45, 2.75) is 70.3 Å². The summed E-state index contributed by atoms with van der Waals surface area (Å²) in [5, 5.41) is 0. The van der Waals surface area contributed by atoms with Gasteiger partial charge in [-0.05, 0) is 91.2 Å². The maximum atomic E-state index is 13.2. The second-order valence-electron chi connectivity index (χ2n) is 10.4. The molecule has 0 aromatic heterocycles. The molecule has 5 unspecified atom stereocenters. The average molecular weight is 448 g/mol. The Hall–Kier alpha value is -2.49. The van der Waals surface area contributed by atoms with Crippen LogP contribution in [0.25, 0.3) is 0 Å². The van der Waals surface area contributed by atoms with Crippen LogP contribution < -0.4 is 9.47 Å². The minimum atomic E-state index is -0.242. The topological polar surface area (TPSA) is 38.8 Å². The summed E-state index contributed by atoms with van der Waals surface area (Å²) in [6.07, 6.45) is 7.90. The van der Waals surface area contributed by atoms with E-state index in [-0.39, 0.29) is 17.6 Å². The van der Waals surface area contributed by atoms with Crippen molar-refractivity contribution in [1.29, 1.82) is 0 Å². The lowest BCUT2D eigenvalue weighted by Gasteiger charge is -2.57. The molecule has 0 aliphatic heterocycles. The normalized spacial score (nSPS) is 31.9. The molecule has 2 fully saturated rings. The van der Waals surface area contributed by atoms with Crippen molar-refractivity contribution in [3.8, 4) is 11.5 Å². The van der Waals surface area contributed by atoms with Gasteiger partial charge < -0.3 is 14.4 Å². The molecule has 0 saturated heterocycles. The number of hydrogen-bond acceptors (Lipinski definition) is 3. The molecule has 176 valence electrons. The number of fused-ring (bicyclic) bond motifs is 1. The highest BCUT2D eigenvalue weighted by Crippen LogP contribution is 2.72. The third kappa shape index (κ3) is 3.13. The van der Waals surface area contributed by atoms with Crippen molar-refractivity contribution in [3.05, 3.63) is 59.7 Å². The summed E-state index contributed by atoms with van der Waals surface area (Å²) in [7, 11) is 3.71. The number of benzene rings is 2. The van der Waals surface area contributed by atoms with Crippen LogP contribution in [0.5, 0.6) is 11.5 Å². The average Bonchev–Trinajstić information content (AvgIpc) is 3.28. The van der Waals surface area contributed by atoms with E-state index in [4.69, 9.17) is 9.47 Å². The molecule has 2 aromatic rings. The zero-order valence-electron chi connectivity index (χ0n) is 20.5. The molecular formula is C29H37NO3. The zero-order chi connectivity index (χ0) is 23.2. The van der Waals surface area contributed by atoms with Gasteiger partial charge in [0.1, 0.15) is 11.5 Å². The predicted octanol–water partition coefficient (Wildman–Crippen LogP) is 6.61. The van der Waals surface area contributed by atoms with Crippen molar-refractivity contribution in [1.82, 2.24) is 4.90 Å². The highest BCUT2D eigenvalue weighted by molar-refractivity contribution is 5.71.